The molecule has 127 valence electrons. The quantitative estimate of drug-likeness (QED) is 0.170. The van der Waals surface area contributed by atoms with Gasteiger partial charge in [0, 0.05) is 88.2 Å². The van der Waals surface area contributed by atoms with E-state index in [4.69, 9.17) is 0 Å². The van der Waals surface area contributed by atoms with Gasteiger partial charge in [-0.1, -0.05) is 0 Å². The van der Waals surface area contributed by atoms with E-state index in [0.717, 1.165) is 0 Å². The Bertz CT molecular complexity index is 23.3. The molecule has 0 unspecified atom stereocenters. The van der Waals surface area contributed by atoms with Crippen molar-refractivity contribution >= 4 is 128 Å². The molecule has 0 aliphatic rings. The van der Waals surface area contributed by atoms with Crippen LogP contribution < -0.4 is 0 Å². The molecule has 0 fully saturated rings. The number of hydrogen-bond donors (Lipinski definition) is 0. The molecule has 16 heavy (non-hydrogen) atoms. The van der Waals surface area contributed by atoms with Gasteiger partial charge in [0.25, 0.3) is 0 Å². The Balaban J connectivity index is -0.000000000238. The topological polar surface area (TPSA) is 0 Å². The zero-order chi connectivity index (χ0) is 4.00. The molecule has 0 aromatic heterocycles. The summed E-state index contributed by atoms with van der Waals surface area (Å²) in [6.07, 6.45) is 0. The van der Waals surface area contributed by atoms with Gasteiger partial charge in [0.15, 0.2) is 0 Å². The van der Waals surface area contributed by atoms with E-state index in [-0.39, 0.29) is 196 Å². The van der Waals surface area contributed by atoms with Gasteiger partial charge in [-0.2, -0.15) is 0 Å². The molecule has 0 aromatic rings. The summed E-state index contributed by atoms with van der Waals surface area (Å²) in [7, 11) is 8.33. The first-order valence-corrected chi connectivity index (χ1v) is 8.19. The van der Waals surface area contributed by atoms with Crippen LogP contribution in [0, 0.1) is 0 Å². The van der Waals surface area contributed by atoms with Crippen LogP contribution in [0.15, 0.2) is 0 Å². The van der Waals surface area contributed by atoms with E-state index in [1.54, 1.807) is 0 Å². The molecule has 0 saturated carbocycles. The summed E-state index contributed by atoms with van der Waals surface area (Å²) in [6, 6.07) is 0. The SMILES string of the molecule is [Ag].[Ag].[Ag].[SH-].[SH-].[SH-].[SH-].[SH-].[SH-].[SH-].[SH-].[S]=[W].[S]=[W].[W]. The predicted molar refractivity (Wildman–Crippen MR) is 85.3 cm³/mol. The summed E-state index contributed by atoms with van der Waals surface area (Å²) < 4.78 is 0. The standard InChI is InChI=1S/3Ag.8H2S.2S.3W/h;;;8*1H2;;;;;/p-8. The minimum absolute atomic E-state index is 0. The second-order valence-corrected chi connectivity index (χ2v) is 0. The van der Waals surface area contributed by atoms with E-state index in [1.165, 1.54) is 36.0 Å². The van der Waals surface area contributed by atoms with Crippen molar-refractivity contribution in [3.05, 3.63) is 0 Å². The van der Waals surface area contributed by atoms with Crippen molar-refractivity contribution in [3.8, 4) is 0 Å². The van der Waals surface area contributed by atoms with Crippen LogP contribution in [0.3, 0.4) is 0 Å². The molecule has 0 aliphatic heterocycles. The summed E-state index contributed by atoms with van der Waals surface area (Å²) >= 11 is 2.33. The Kier molecular flexibility index (Phi) is 1520. The second kappa shape index (κ2) is 184. The third-order valence-electron chi connectivity index (χ3n) is 0. The smallest absolute Gasteiger partial charge is 0 e. The fraction of sp³-hybridized carbons (Fsp3) is 0. The number of thiol groups is 8. The molecule has 0 rings (SSSR count). The van der Waals surface area contributed by atoms with Gasteiger partial charge in [0.05, 0.1) is 0 Å². The van der Waals surface area contributed by atoms with E-state index in [2.05, 4.69) is 19.6 Å². The van der Waals surface area contributed by atoms with Gasteiger partial charge in [-0.3, -0.25) is 0 Å². The molecule has 0 nitrogen and oxygen atoms in total. The third-order valence-corrected chi connectivity index (χ3v) is 0. The van der Waals surface area contributed by atoms with Crippen LogP contribution in [0.2, 0.25) is 0 Å². The molecule has 0 atom stereocenters. The van der Waals surface area contributed by atoms with Gasteiger partial charge in [0.2, 0.25) is 0 Å². The zero-order valence-electron chi connectivity index (χ0n) is 6.52. The molecule has 0 N–H and O–H groups in total. The summed E-state index contributed by atoms with van der Waals surface area (Å²) in [5.41, 5.74) is 0. The summed E-state index contributed by atoms with van der Waals surface area (Å²) in [6.45, 7) is 0. The fourth-order valence-electron chi connectivity index (χ4n) is 0. The molecular weight excluding hydrogens is 1200 g/mol. The van der Waals surface area contributed by atoms with Crippen molar-refractivity contribution < 1.29 is 124 Å². The van der Waals surface area contributed by atoms with Crippen LogP contribution in [0.4, 0.5) is 0 Å². The van der Waals surface area contributed by atoms with Crippen LogP contribution in [-0.2, 0) is 232 Å². The Morgan fingerprint density at radius 2 is 0.375 bits per heavy atom. The second-order valence-electron chi connectivity index (χ2n) is 0. The van der Waals surface area contributed by atoms with E-state index < -0.39 is 0 Å². The summed E-state index contributed by atoms with van der Waals surface area (Å²) in [5, 5.41) is 0. The first-order chi connectivity index (χ1) is 2.00. The average molecular weight is 1200 g/mol. The maximum absolute atomic E-state index is 4.17. The van der Waals surface area contributed by atoms with E-state index in [0.29, 0.717) is 0 Å². The van der Waals surface area contributed by atoms with E-state index in [9.17, 15) is 0 Å². The van der Waals surface area contributed by atoms with Crippen molar-refractivity contribution in [1.29, 1.82) is 0 Å². The van der Waals surface area contributed by atoms with Crippen LogP contribution in [-0.4, -0.2) is 0 Å². The molecule has 0 saturated heterocycles. The molecule has 0 bridgehead atoms. The van der Waals surface area contributed by atoms with Crippen molar-refractivity contribution in [2.24, 2.45) is 0 Å². The van der Waals surface area contributed by atoms with Gasteiger partial charge >= 0.3 is 55.6 Å². The Hall–Kier alpha value is 7.53. The van der Waals surface area contributed by atoms with E-state index >= 15 is 0 Å². The molecule has 0 aliphatic carbocycles. The van der Waals surface area contributed by atoms with Gasteiger partial charge in [0.1, 0.15) is 0 Å². The van der Waals surface area contributed by atoms with Crippen molar-refractivity contribution in [1.82, 2.24) is 0 Å². The molecule has 0 spiro atoms. The maximum Gasteiger partial charge on any atom is 0 e. The van der Waals surface area contributed by atoms with Crippen LogP contribution in [0.1, 0.15) is 0 Å². The average Bonchev–Trinajstić information content (AvgIpc) is 1.50. The van der Waals surface area contributed by atoms with E-state index in [1.807, 2.05) is 0 Å². The Morgan fingerprint density at radius 3 is 0.375 bits per heavy atom. The van der Waals surface area contributed by atoms with Crippen LogP contribution >= 0.6 is 19.6 Å². The predicted octanol–water partition coefficient (Wildman–Crippen LogP) is -0.879. The fourth-order valence-corrected chi connectivity index (χ4v) is 0. The van der Waals surface area contributed by atoms with Gasteiger partial charge in [-0.15, -0.1) is 0 Å². The molecule has 3 radical (unpaired) electrons. The largest absolute Gasteiger partial charge is 0 e. The summed E-state index contributed by atoms with van der Waals surface area (Å²) in [4.78, 5) is 0. The van der Waals surface area contributed by atoms with Gasteiger partial charge in [-0.25, -0.2) is 0 Å². The van der Waals surface area contributed by atoms with Crippen molar-refractivity contribution in [2.75, 3.05) is 0 Å². The monoisotopic (exact) mass is 1200 g/mol. The Labute approximate surface area is 246 Å². The first kappa shape index (κ1) is 132. The minimum Gasteiger partial charge on any atom is 0 e. The molecule has 0 heterocycles. The normalized spacial score (nSPS) is 0.500. The first-order valence-electron chi connectivity index (χ1n) is 0.333. The molecule has 0 aromatic carbocycles. The van der Waals surface area contributed by atoms with Crippen molar-refractivity contribution in [3.63, 3.8) is 0 Å². The Morgan fingerprint density at radius 1 is 0.375 bits per heavy atom. The van der Waals surface area contributed by atoms with Crippen LogP contribution in [0.25, 0.3) is 0 Å². The molecule has 0 amide bonds. The maximum atomic E-state index is 4.17. The number of rotatable bonds is 0. The number of hydrogen-bond acceptors (Lipinski definition) is 10. The zero-order valence-corrected chi connectivity index (χ0v) is 28.6. The third kappa shape index (κ3) is 160. The minimum atomic E-state index is 0. The molecule has 16 heteroatoms. The van der Waals surface area contributed by atoms with Gasteiger partial charge < -0.3 is 108 Å². The van der Waals surface area contributed by atoms with Crippen LogP contribution in [0.5, 0.6) is 0 Å². The van der Waals surface area contributed by atoms with Crippen molar-refractivity contribution in [2.45, 2.75) is 0 Å². The van der Waals surface area contributed by atoms with Gasteiger partial charge in [-0.05, 0) is 0 Å². The summed E-state index contributed by atoms with van der Waals surface area (Å²) in [5.74, 6) is 0. The molecular formula is H8Ag3S10W3-8.